The summed E-state index contributed by atoms with van der Waals surface area (Å²) in [5.74, 6) is 2.14. The maximum atomic E-state index is 9.57. The predicted octanol–water partition coefficient (Wildman–Crippen LogP) is 2.42. The van der Waals surface area contributed by atoms with Crippen LogP contribution in [0.25, 0.3) is 11.4 Å². The Balaban J connectivity index is 1.62. The van der Waals surface area contributed by atoms with Crippen LogP contribution in [0, 0.1) is 0 Å². The molecule has 1 aliphatic carbocycles. The summed E-state index contributed by atoms with van der Waals surface area (Å²) in [6, 6.07) is 2.05. The SMILES string of the molecule is OC1CC(c2nc(-c3ccsc3)nn2CC2CCCO2)C1. The maximum absolute atomic E-state index is 9.57. The third-order valence-electron chi connectivity index (χ3n) is 4.36. The van der Waals surface area contributed by atoms with Gasteiger partial charge in [-0.05, 0) is 37.1 Å². The zero-order valence-corrected chi connectivity index (χ0v) is 12.6. The zero-order chi connectivity index (χ0) is 14.2. The minimum Gasteiger partial charge on any atom is -0.393 e. The molecule has 21 heavy (non-hydrogen) atoms. The van der Waals surface area contributed by atoms with Gasteiger partial charge in [-0.3, -0.25) is 0 Å². The molecule has 2 aliphatic rings. The van der Waals surface area contributed by atoms with E-state index in [9.17, 15) is 5.11 Å². The molecule has 112 valence electrons. The van der Waals surface area contributed by atoms with E-state index in [1.807, 2.05) is 10.1 Å². The van der Waals surface area contributed by atoms with Crippen LogP contribution in [0.15, 0.2) is 16.8 Å². The number of hydrogen-bond acceptors (Lipinski definition) is 5. The molecule has 1 saturated carbocycles. The van der Waals surface area contributed by atoms with Gasteiger partial charge >= 0.3 is 0 Å². The first-order valence-corrected chi connectivity index (χ1v) is 8.51. The smallest absolute Gasteiger partial charge is 0.182 e. The number of nitrogens with zero attached hydrogens (tertiary/aromatic N) is 3. The van der Waals surface area contributed by atoms with Crippen LogP contribution in [0.3, 0.4) is 0 Å². The van der Waals surface area contributed by atoms with Gasteiger partial charge in [0.1, 0.15) is 5.82 Å². The highest BCUT2D eigenvalue weighted by atomic mass is 32.1. The van der Waals surface area contributed by atoms with E-state index < -0.39 is 0 Å². The van der Waals surface area contributed by atoms with Gasteiger partial charge in [0.25, 0.3) is 0 Å². The fourth-order valence-corrected chi connectivity index (χ4v) is 3.72. The number of aromatic nitrogens is 3. The van der Waals surface area contributed by atoms with E-state index >= 15 is 0 Å². The minimum atomic E-state index is -0.174. The van der Waals surface area contributed by atoms with E-state index in [-0.39, 0.29) is 12.2 Å². The molecule has 2 fully saturated rings. The molecule has 0 spiro atoms. The highest BCUT2D eigenvalue weighted by Gasteiger charge is 2.33. The molecule has 1 atom stereocenters. The van der Waals surface area contributed by atoms with Gasteiger partial charge in [-0.25, -0.2) is 9.67 Å². The maximum Gasteiger partial charge on any atom is 0.182 e. The first-order valence-electron chi connectivity index (χ1n) is 7.56. The number of aliphatic hydroxyl groups excluding tert-OH is 1. The van der Waals surface area contributed by atoms with E-state index in [1.165, 1.54) is 0 Å². The average molecular weight is 305 g/mol. The van der Waals surface area contributed by atoms with Crippen LogP contribution in [-0.4, -0.2) is 38.7 Å². The van der Waals surface area contributed by atoms with Crippen molar-refractivity contribution in [2.75, 3.05) is 6.61 Å². The summed E-state index contributed by atoms with van der Waals surface area (Å²) in [5.41, 5.74) is 1.08. The van der Waals surface area contributed by atoms with Gasteiger partial charge in [-0.2, -0.15) is 16.4 Å². The molecule has 4 rings (SSSR count). The van der Waals surface area contributed by atoms with Crippen LogP contribution >= 0.6 is 11.3 Å². The van der Waals surface area contributed by atoms with Crippen molar-refractivity contribution in [1.29, 1.82) is 0 Å². The highest BCUT2D eigenvalue weighted by Crippen LogP contribution is 2.37. The van der Waals surface area contributed by atoms with Gasteiger partial charge in [-0.15, -0.1) is 0 Å². The van der Waals surface area contributed by atoms with Crippen molar-refractivity contribution >= 4 is 11.3 Å². The molecule has 3 heterocycles. The Morgan fingerprint density at radius 1 is 1.43 bits per heavy atom. The fourth-order valence-electron chi connectivity index (χ4n) is 3.08. The van der Waals surface area contributed by atoms with Crippen LogP contribution in [0.5, 0.6) is 0 Å². The Hall–Kier alpha value is -1.24. The van der Waals surface area contributed by atoms with Crippen molar-refractivity contribution < 1.29 is 9.84 Å². The van der Waals surface area contributed by atoms with Crippen molar-refractivity contribution in [3.05, 3.63) is 22.7 Å². The first kappa shape index (κ1) is 13.4. The predicted molar refractivity (Wildman–Crippen MR) is 80.3 cm³/mol. The molecule has 6 heteroatoms. The number of rotatable bonds is 4. The van der Waals surface area contributed by atoms with E-state index in [4.69, 9.17) is 14.8 Å². The Bertz CT molecular complexity index is 598. The summed E-state index contributed by atoms with van der Waals surface area (Å²) < 4.78 is 7.74. The summed E-state index contributed by atoms with van der Waals surface area (Å²) in [6.07, 6.45) is 3.91. The lowest BCUT2D eigenvalue weighted by atomic mass is 9.82. The molecule has 2 aromatic heterocycles. The number of thiophene rings is 1. The van der Waals surface area contributed by atoms with Crippen LogP contribution in [0.2, 0.25) is 0 Å². The molecular formula is C15H19N3O2S. The molecule has 2 aromatic rings. The van der Waals surface area contributed by atoms with Gasteiger partial charge in [0.05, 0.1) is 18.8 Å². The van der Waals surface area contributed by atoms with Crippen molar-refractivity contribution in [3.63, 3.8) is 0 Å². The Kier molecular flexibility index (Phi) is 3.52. The normalized spacial score (nSPS) is 28.7. The van der Waals surface area contributed by atoms with E-state index in [0.29, 0.717) is 5.92 Å². The summed E-state index contributed by atoms with van der Waals surface area (Å²) in [5, 5.41) is 18.4. The lowest BCUT2D eigenvalue weighted by Gasteiger charge is -2.30. The monoisotopic (exact) mass is 305 g/mol. The Labute approximate surface area is 127 Å². The standard InChI is InChI=1S/C15H19N3O2S/c19-12-6-11(7-12)15-16-14(10-3-5-21-9-10)17-18(15)8-13-2-1-4-20-13/h3,5,9,11-13,19H,1-2,4,6-8H2. The van der Waals surface area contributed by atoms with E-state index in [1.54, 1.807) is 11.3 Å². The lowest BCUT2D eigenvalue weighted by molar-refractivity contribution is 0.0652. The van der Waals surface area contributed by atoms with Crippen LogP contribution < -0.4 is 0 Å². The lowest BCUT2D eigenvalue weighted by Crippen LogP contribution is -2.30. The second-order valence-corrected chi connectivity index (χ2v) is 6.72. The minimum absolute atomic E-state index is 0.174. The van der Waals surface area contributed by atoms with Crippen LogP contribution in [-0.2, 0) is 11.3 Å². The van der Waals surface area contributed by atoms with Crippen molar-refractivity contribution in [3.8, 4) is 11.4 Å². The second kappa shape index (κ2) is 5.51. The fraction of sp³-hybridized carbons (Fsp3) is 0.600. The largest absolute Gasteiger partial charge is 0.393 e. The molecular weight excluding hydrogens is 286 g/mol. The van der Waals surface area contributed by atoms with Crippen LogP contribution in [0.1, 0.15) is 37.4 Å². The Morgan fingerprint density at radius 3 is 3.00 bits per heavy atom. The summed E-state index contributed by atoms with van der Waals surface area (Å²) in [4.78, 5) is 4.74. The summed E-state index contributed by atoms with van der Waals surface area (Å²) >= 11 is 1.66. The zero-order valence-electron chi connectivity index (χ0n) is 11.8. The van der Waals surface area contributed by atoms with Gasteiger partial charge in [0.15, 0.2) is 5.82 Å². The van der Waals surface area contributed by atoms with Crippen molar-refractivity contribution in [2.45, 2.75) is 50.4 Å². The van der Waals surface area contributed by atoms with E-state index in [2.05, 4.69) is 11.4 Å². The van der Waals surface area contributed by atoms with Crippen LogP contribution in [0.4, 0.5) is 0 Å². The average Bonchev–Trinajstić information content (AvgIpc) is 3.17. The molecule has 0 radical (unpaired) electrons. The number of ether oxygens (including phenoxy) is 1. The highest BCUT2D eigenvalue weighted by molar-refractivity contribution is 7.08. The summed E-state index contributed by atoms with van der Waals surface area (Å²) in [7, 11) is 0. The topological polar surface area (TPSA) is 60.2 Å². The Morgan fingerprint density at radius 2 is 2.33 bits per heavy atom. The number of aliphatic hydroxyl groups is 1. The van der Waals surface area contributed by atoms with Gasteiger partial charge in [0, 0.05) is 23.5 Å². The van der Waals surface area contributed by atoms with Crippen molar-refractivity contribution in [1.82, 2.24) is 14.8 Å². The van der Waals surface area contributed by atoms with E-state index in [0.717, 1.165) is 56.0 Å². The van der Waals surface area contributed by atoms with Gasteiger partial charge in [0.2, 0.25) is 0 Å². The second-order valence-electron chi connectivity index (χ2n) is 5.94. The molecule has 1 saturated heterocycles. The van der Waals surface area contributed by atoms with Gasteiger partial charge in [-0.1, -0.05) is 0 Å². The molecule has 5 nitrogen and oxygen atoms in total. The molecule has 1 aliphatic heterocycles. The quantitative estimate of drug-likeness (QED) is 0.942. The van der Waals surface area contributed by atoms with Crippen molar-refractivity contribution in [2.24, 2.45) is 0 Å². The molecule has 1 unspecified atom stereocenters. The molecule has 1 N–H and O–H groups in total. The number of hydrogen-bond donors (Lipinski definition) is 1. The molecule has 0 bridgehead atoms. The molecule has 0 aromatic carbocycles. The van der Waals surface area contributed by atoms with Gasteiger partial charge < -0.3 is 9.84 Å². The first-order chi connectivity index (χ1) is 10.3. The third kappa shape index (κ3) is 2.63. The summed E-state index contributed by atoms with van der Waals surface area (Å²) in [6.45, 7) is 1.63. The molecule has 0 amide bonds. The third-order valence-corrected chi connectivity index (χ3v) is 5.04.